The van der Waals surface area contributed by atoms with Crippen molar-refractivity contribution in [1.29, 1.82) is 0 Å². The molecule has 0 aromatic carbocycles. The van der Waals surface area contributed by atoms with Crippen LogP contribution >= 0.6 is 40.2 Å². The smallest absolute Gasteiger partial charge is 1.00 e. The van der Waals surface area contributed by atoms with Gasteiger partial charge in [0.2, 0.25) is 0 Å². The molecule has 0 fully saturated rings. The van der Waals surface area contributed by atoms with Crippen LogP contribution in [-0.4, -0.2) is 9.39 Å². The van der Waals surface area contributed by atoms with Crippen LogP contribution in [0.3, 0.4) is 0 Å². The molecule has 0 bridgehead atoms. The summed E-state index contributed by atoms with van der Waals surface area (Å²) in [5.74, 6) is 0. The van der Waals surface area contributed by atoms with E-state index in [9.17, 15) is 0 Å². The van der Waals surface area contributed by atoms with Gasteiger partial charge in [-0.05, 0) is 0 Å². The van der Waals surface area contributed by atoms with Crippen LogP contribution in [0.5, 0.6) is 0 Å². The van der Waals surface area contributed by atoms with Crippen LogP contribution in [-0.2, 0) is 17.1 Å². The van der Waals surface area contributed by atoms with Crippen LogP contribution in [0.15, 0.2) is 0 Å². The van der Waals surface area contributed by atoms with E-state index >= 15 is 0 Å². The Morgan fingerprint density at radius 2 is 0.857 bits per heavy atom. The minimum absolute atomic E-state index is 0. The third-order valence-corrected chi connectivity index (χ3v) is 0. The molecule has 0 aromatic rings. The molecule has 0 N–H and O–H groups in total. The largest absolute Gasteiger partial charge is 2.00 e. The summed E-state index contributed by atoms with van der Waals surface area (Å²) in [6.07, 6.45) is 0. The van der Waals surface area contributed by atoms with Crippen LogP contribution in [0.25, 0.3) is 0 Å². The molecular formula is AlCl5Cu. The van der Waals surface area contributed by atoms with Gasteiger partial charge in [0, 0.05) is 0 Å². The molecule has 0 rings (SSSR count). The molecule has 0 heterocycles. The Hall–Kier alpha value is 2.50. The minimum Gasteiger partial charge on any atom is -1.00 e. The van der Waals surface area contributed by atoms with Gasteiger partial charge in [0.25, 0.3) is 0 Å². The van der Waals surface area contributed by atoms with Gasteiger partial charge in [-0.1, -0.05) is 0 Å². The van der Waals surface area contributed by atoms with E-state index in [0.717, 1.165) is 0 Å². The Bertz CT molecular complexity index is 23.6. The molecule has 0 aliphatic carbocycles. The van der Waals surface area contributed by atoms with Crippen molar-refractivity contribution in [2.75, 3.05) is 0 Å². The van der Waals surface area contributed by atoms with Crippen molar-refractivity contribution in [2.45, 2.75) is 0 Å². The summed E-state index contributed by atoms with van der Waals surface area (Å²) in [4.78, 5) is 0. The first kappa shape index (κ1) is 16.2. The van der Waals surface area contributed by atoms with E-state index in [1.54, 1.807) is 0 Å². The van der Waals surface area contributed by atoms with Gasteiger partial charge in [0.05, 0.1) is 0 Å². The Balaban J connectivity index is -0.0000000800. The molecule has 0 amide bonds. The van der Waals surface area contributed by atoms with Gasteiger partial charge in [0.1, 0.15) is 0 Å². The van der Waals surface area contributed by atoms with E-state index in [-0.39, 0.29) is 29.5 Å². The zero-order valence-electron chi connectivity index (χ0n) is 2.77. The number of rotatable bonds is 0. The number of hydrogen-bond acceptors (Lipinski definition) is 0. The van der Waals surface area contributed by atoms with Crippen molar-refractivity contribution in [3.63, 3.8) is 0 Å². The quantitative estimate of drug-likeness (QED) is 0.513. The predicted molar refractivity (Wildman–Crippen MR) is 29.2 cm³/mol. The first-order valence-corrected chi connectivity index (χ1v) is 7.86. The zero-order chi connectivity index (χ0) is 4.50. The van der Waals surface area contributed by atoms with Gasteiger partial charge in [0.15, 0.2) is 0 Å². The molecule has 7 heavy (non-hydrogen) atoms. The van der Waals surface area contributed by atoms with Crippen LogP contribution in [0.4, 0.5) is 0 Å². The molecule has 0 saturated heterocycles. The number of hydrogen-bond donors (Lipinski definition) is 0. The van der Waals surface area contributed by atoms with Crippen molar-refractivity contribution in [3.8, 4) is 0 Å². The van der Waals surface area contributed by atoms with E-state index in [1.165, 1.54) is 0 Å². The van der Waals surface area contributed by atoms with Crippen molar-refractivity contribution < 1.29 is 29.5 Å². The maximum Gasteiger partial charge on any atom is 2.00 e. The normalized spacial score (nSPS) is 8.57. The summed E-state index contributed by atoms with van der Waals surface area (Å²) >= 11 is 0. The fourth-order valence-electron chi connectivity index (χ4n) is 0. The fraction of sp³-hybridized carbons (Fsp3) is 0. The molecule has 0 atom stereocenters. The monoisotopic (exact) mass is 265 g/mol. The molecule has 0 aliphatic rings. The molecule has 0 unspecified atom stereocenters. The Morgan fingerprint density at radius 1 is 0.857 bits per heavy atom. The van der Waals surface area contributed by atoms with Gasteiger partial charge in [-0.15, -0.1) is 0 Å². The average molecular weight is 268 g/mol. The first-order valence-electron chi connectivity index (χ1n) is 0.873. The molecule has 0 aliphatic heterocycles. The molecule has 0 spiro atoms. The zero-order valence-corrected chi connectivity index (χ0v) is 8.64. The predicted octanol–water partition coefficient (Wildman–Crippen LogP) is -0.621. The minimum atomic E-state index is -2.94. The average Bonchev–Trinajstić information content (AvgIpc) is 0.722. The van der Waals surface area contributed by atoms with Crippen molar-refractivity contribution in [1.82, 2.24) is 0 Å². The summed E-state index contributed by atoms with van der Waals surface area (Å²) < 4.78 is 0. The Labute approximate surface area is 78.2 Å². The molecule has 0 nitrogen and oxygen atoms in total. The Morgan fingerprint density at radius 3 is 0.857 bits per heavy atom. The first-order chi connectivity index (χ1) is 2.00. The standard InChI is InChI=1S/Al.5ClH.Cu/h;5*1H;/q+3;;;;;;+2/p-5. The fourth-order valence-corrected chi connectivity index (χ4v) is 0. The van der Waals surface area contributed by atoms with E-state index in [4.69, 9.17) is 40.2 Å². The summed E-state index contributed by atoms with van der Waals surface area (Å²) in [7, 11) is 17.0. The molecule has 7 heteroatoms. The van der Waals surface area contributed by atoms with Crippen LogP contribution in [0, 0.1) is 0 Å². The SMILES string of the molecule is [Cl-].[Cl][Al-]([Cl])([Cl])[Cl].[Cu+2]. The van der Waals surface area contributed by atoms with E-state index in [2.05, 4.69) is 0 Å². The van der Waals surface area contributed by atoms with Gasteiger partial charge in [-0.3, -0.25) is 0 Å². The Kier molecular flexibility index (Phi) is 15.4. The third-order valence-electron chi connectivity index (χ3n) is 0. The van der Waals surface area contributed by atoms with Gasteiger partial charge in [-0.25, -0.2) is 0 Å². The molecule has 0 aromatic heterocycles. The maximum atomic E-state index is 4.99. The summed E-state index contributed by atoms with van der Waals surface area (Å²) in [6.45, 7) is 0. The van der Waals surface area contributed by atoms with Gasteiger partial charge < -0.3 is 52.6 Å². The summed E-state index contributed by atoms with van der Waals surface area (Å²) in [5, 5.41) is 0. The maximum absolute atomic E-state index is 4.99. The third kappa shape index (κ3) is 57.4. The molecule has 1 radical (unpaired) electrons. The molecular weight excluding hydrogens is 268 g/mol. The van der Waals surface area contributed by atoms with E-state index in [0.29, 0.717) is 0 Å². The summed E-state index contributed by atoms with van der Waals surface area (Å²) in [6, 6.07) is 0. The van der Waals surface area contributed by atoms with Gasteiger partial charge in [-0.2, -0.15) is 0 Å². The molecule has 49 valence electrons. The van der Waals surface area contributed by atoms with Gasteiger partial charge >= 0.3 is 26.5 Å². The van der Waals surface area contributed by atoms with Crippen LogP contribution < -0.4 is 12.4 Å². The van der Waals surface area contributed by atoms with Crippen molar-refractivity contribution >= 4 is 49.6 Å². The van der Waals surface area contributed by atoms with Crippen molar-refractivity contribution in [2.24, 2.45) is 0 Å². The van der Waals surface area contributed by atoms with Crippen molar-refractivity contribution in [3.05, 3.63) is 0 Å². The summed E-state index contributed by atoms with van der Waals surface area (Å²) in [5.41, 5.74) is 0. The van der Waals surface area contributed by atoms with E-state index in [1.807, 2.05) is 0 Å². The van der Waals surface area contributed by atoms with Crippen LogP contribution in [0.2, 0.25) is 0 Å². The second-order valence-electron chi connectivity index (χ2n) is 0.495. The second kappa shape index (κ2) is 6.62. The second-order valence-corrected chi connectivity index (χ2v) is 13.4. The van der Waals surface area contributed by atoms with Crippen LogP contribution in [0.1, 0.15) is 0 Å². The number of halogens is 5. The topological polar surface area (TPSA) is 0 Å². The van der Waals surface area contributed by atoms with E-state index < -0.39 is 9.39 Å². The molecule has 0 saturated carbocycles.